The summed E-state index contributed by atoms with van der Waals surface area (Å²) < 4.78 is 0. The fourth-order valence-corrected chi connectivity index (χ4v) is 2.07. The average molecular weight is 306 g/mol. The molecule has 2 aromatic heterocycles. The molecule has 2 N–H and O–H groups in total. The summed E-state index contributed by atoms with van der Waals surface area (Å²) in [6.07, 6.45) is 1.67. The molecule has 0 radical (unpaired) electrons. The monoisotopic (exact) mass is 306 g/mol. The number of nitrogens with zero attached hydrogens (tertiary/aromatic N) is 2. The van der Waals surface area contributed by atoms with Crippen LogP contribution in [0.5, 0.6) is 0 Å². The molecule has 23 heavy (non-hydrogen) atoms. The number of amides is 1. The molecule has 0 saturated heterocycles. The van der Waals surface area contributed by atoms with Crippen LogP contribution in [-0.2, 0) is 0 Å². The van der Waals surface area contributed by atoms with E-state index in [1.807, 2.05) is 18.2 Å². The first-order valence-corrected chi connectivity index (χ1v) is 7.02. The number of Topliss-reactive ketones (excluding diaryl/α,β-unsaturated/α-hetero) is 1. The Morgan fingerprint density at radius 3 is 2.48 bits per heavy atom. The van der Waals surface area contributed by atoms with Crippen LogP contribution in [0.15, 0.2) is 54.7 Å². The summed E-state index contributed by atoms with van der Waals surface area (Å²) in [6, 6.07) is 13.8. The van der Waals surface area contributed by atoms with E-state index in [1.54, 1.807) is 36.5 Å². The van der Waals surface area contributed by atoms with Gasteiger partial charge in [0.1, 0.15) is 11.4 Å². The van der Waals surface area contributed by atoms with Crippen molar-refractivity contribution in [3.63, 3.8) is 0 Å². The van der Waals surface area contributed by atoms with Crippen molar-refractivity contribution in [2.45, 2.75) is 6.92 Å². The Hall–Kier alpha value is -3.28. The molecule has 0 aliphatic carbocycles. The number of benzene rings is 1. The summed E-state index contributed by atoms with van der Waals surface area (Å²) in [6.45, 7) is 1.50. The zero-order chi connectivity index (χ0) is 16.2. The van der Waals surface area contributed by atoms with Gasteiger partial charge < -0.3 is 5.32 Å². The standard InChI is InChI=1S/C17H14N4O2/c1-11(22)12-5-7-13(8-6-12)19-17(23)16-10-15(20-21-16)14-4-2-3-9-18-14/h2-10H,1H3,(H,19,23)(H,20,21). The molecule has 0 aliphatic rings. The highest BCUT2D eigenvalue weighted by molar-refractivity contribution is 6.03. The second-order valence-electron chi connectivity index (χ2n) is 4.97. The lowest BCUT2D eigenvalue weighted by Gasteiger charge is -2.03. The van der Waals surface area contributed by atoms with Gasteiger partial charge in [0.2, 0.25) is 0 Å². The Balaban J connectivity index is 1.74. The Kier molecular flexibility index (Phi) is 3.97. The molecule has 6 nitrogen and oxygen atoms in total. The van der Waals surface area contributed by atoms with Gasteiger partial charge in [0.15, 0.2) is 5.78 Å². The predicted molar refractivity (Wildman–Crippen MR) is 86.2 cm³/mol. The van der Waals surface area contributed by atoms with Crippen molar-refractivity contribution < 1.29 is 9.59 Å². The van der Waals surface area contributed by atoms with Gasteiger partial charge in [0.05, 0.1) is 5.69 Å². The van der Waals surface area contributed by atoms with E-state index in [1.165, 1.54) is 6.92 Å². The highest BCUT2D eigenvalue weighted by Gasteiger charge is 2.12. The van der Waals surface area contributed by atoms with E-state index in [2.05, 4.69) is 20.5 Å². The van der Waals surface area contributed by atoms with Gasteiger partial charge in [-0.25, -0.2) is 0 Å². The van der Waals surface area contributed by atoms with Gasteiger partial charge in [-0.3, -0.25) is 19.7 Å². The van der Waals surface area contributed by atoms with E-state index in [4.69, 9.17) is 0 Å². The summed E-state index contributed by atoms with van der Waals surface area (Å²) in [5, 5.41) is 9.54. The third-order valence-electron chi connectivity index (χ3n) is 3.30. The highest BCUT2D eigenvalue weighted by Crippen LogP contribution is 2.16. The predicted octanol–water partition coefficient (Wildman–Crippen LogP) is 2.93. The van der Waals surface area contributed by atoms with E-state index in [0.29, 0.717) is 28.3 Å². The number of pyridine rings is 1. The minimum absolute atomic E-state index is 0.0172. The second kappa shape index (κ2) is 6.23. The number of hydrogen-bond donors (Lipinski definition) is 2. The van der Waals surface area contributed by atoms with Gasteiger partial charge in [0, 0.05) is 17.4 Å². The van der Waals surface area contributed by atoms with Crippen molar-refractivity contribution in [3.8, 4) is 11.4 Å². The third kappa shape index (κ3) is 3.32. The molecule has 3 rings (SSSR count). The van der Waals surface area contributed by atoms with Crippen LogP contribution < -0.4 is 5.32 Å². The van der Waals surface area contributed by atoms with Crippen molar-refractivity contribution in [1.82, 2.24) is 15.2 Å². The number of anilines is 1. The van der Waals surface area contributed by atoms with Crippen LogP contribution in [0, 0.1) is 0 Å². The van der Waals surface area contributed by atoms with Crippen LogP contribution in [0.25, 0.3) is 11.4 Å². The van der Waals surface area contributed by atoms with E-state index < -0.39 is 0 Å². The van der Waals surface area contributed by atoms with Crippen molar-refractivity contribution in [2.75, 3.05) is 5.32 Å². The van der Waals surface area contributed by atoms with Gasteiger partial charge in [-0.15, -0.1) is 0 Å². The van der Waals surface area contributed by atoms with Crippen LogP contribution in [0.1, 0.15) is 27.8 Å². The topological polar surface area (TPSA) is 87.7 Å². The zero-order valence-electron chi connectivity index (χ0n) is 12.4. The van der Waals surface area contributed by atoms with Crippen LogP contribution in [-0.4, -0.2) is 26.9 Å². The molecule has 1 amide bonds. The molecule has 6 heteroatoms. The number of rotatable bonds is 4. The van der Waals surface area contributed by atoms with Crippen LogP contribution in [0.2, 0.25) is 0 Å². The Morgan fingerprint density at radius 1 is 1.04 bits per heavy atom. The number of carbonyl (C=O) groups excluding carboxylic acids is 2. The van der Waals surface area contributed by atoms with Crippen molar-refractivity contribution >= 4 is 17.4 Å². The second-order valence-corrected chi connectivity index (χ2v) is 4.97. The van der Waals surface area contributed by atoms with E-state index in [0.717, 1.165) is 0 Å². The molecule has 0 fully saturated rings. The molecule has 3 aromatic rings. The van der Waals surface area contributed by atoms with Crippen molar-refractivity contribution in [3.05, 3.63) is 66.0 Å². The lowest BCUT2D eigenvalue weighted by Crippen LogP contribution is -2.12. The van der Waals surface area contributed by atoms with E-state index in [9.17, 15) is 9.59 Å². The summed E-state index contributed by atoms with van der Waals surface area (Å²) in [5.74, 6) is -0.327. The average Bonchev–Trinajstić information content (AvgIpc) is 3.06. The van der Waals surface area contributed by atoms with Crippen LogP contribution >= 0.6 is 0 Å². The molecular weight excluding hydrogens is 292 g/mol. The molecule has 0 spiro atoms. The fourth-order valence-electron chi connectivity index (χ4n) is 2.07. The zero-order valence-corrected chi connectivity index (χ0v) is 12.4. The molecule has 1 aromatic carbocycles. The van der Waals surface area contributed by atoms with Gasteiger partial charge in [-0.05, 0) is 49.4 Å². The number of carbonyl (C=O) groups is 2. The summed E-state index contributed by atoms with van der Waals surface area (Å²) >= 11 is 0. The smallest absolute Gasteiger partial charge is 0.273 e. The minimum atomic E-state index is -0.310. The normalized spacial score (nSPS) is 10.3. The molecule has 0 saturated carbocycles. The van der Waals surface area contributed by atoms with Gasteiger partial charge in [0.25, 0.3) is 5.91 Å². The maximum atomic E-state index is 12.2. The summed E-state index contributed by atoms with van der Waals surface area (Å²) in [7, 11) is 0. The van der Waals surface area contributed by atoms with Gasteiger partial charge in [-0.2, -0.15) is 5.10 Å². The van der Waals surface area contributed by atoms with E-state index >= 15 is 0 Å². The molecule has 0 bridgehead atoms. The van der Waals surface area contributed by atoms with Crippen molar-refractivity contribution in [2.24, 2.45) is 0 Å². The lowest BCUT2D eigenvalue weighted by molar-refractivity contribution is 0.101. The lowest BCUT2D eigenvalue weighted by atomic mass is 10.1. The molecule has 2 heterocycles. The first kappa shape index (κ1) is 14.6. The Labute approximate surface area is 132 Å². The Bertz CT molecular complexity index is 839. The number of ketones is 1. The molecule has 114 valence electrons. The van der Waals surface area contributed by atoms with Gasteiger partial charge in [-0.1, -0.05) is 6.07 Å². The first-order chi connectivity index (χ1) is 11.1. The number of hydrogen-bond acceptors (Lipinski definition) is 4. The van der Waals surface area contributed by atoms with E-state index in [-0.39, 0.29) is 11.7 Å². The summed E-state index contributed by atoms with van der Waals surface area (Å²) in [5.41, 5.74) is 2.83. The number of nitrogens with one attached hydrogen (secondary N) is 2. The van der Waals surface area contributed by atoms with Crippen LogP contribution in [0.4, 0.5) is 5.69 Å². The summed E-state index contributed by atoms with van der Waals surface area (Å²) in [4.78, 5) is 27.6. The molecular formula is C17H14N4O2. The highest BCUT2D eigenvalue weighted by atomic mass is 16.2. The SMILES string of the molecule is CC(=O)c1ccc(NC(=O)c2cc(-c3ccccn3)n[nH]2)cc1. The molecule has 0 aliphatic heterocycles. The fraction of sp³-hybridized carbons (Fsp3) is 0.0588. The number of H-pyrrole nitrogens is 1. The largest absolute Gasteiger partial charge is 0.321 e. The number of aromatic nitrogens is 3. The quantitative estimate of drug-likeness (QED) is 0.725. The van der Waals surface area contributed by atoms with Crippen molar-refractivity contribution in [1.29, 1.82) is 0 Å². The molecule has 0 atom stereocenters. The number of aromatic amines is 1. The minimum Gasteiger partial charge on any atom is -0.321 e. The first-order valence-electron chi connectivity index (χ1n) is 7.02. The van der Waals surface area contributed by atoms with Crippen LogP contribution in [0.3, 0.4) is 0 Å². The Morgan fingerprint density at radius 2 is 1.83 bits per heavy atom. The maximum absolute atomic E-state index is 12.2. The third-order valence-corrected chi connectivity index (χ3v) is 3.30. The molecule has 0 unspecified atom stereocenters. The van der Waals surface area contributed by atoms with Gasteiger partial charge >= 0.3 is 0 Å². The maximum Gasteiger partial charge on any atom is 0.273 e.